The van der Waals surface area contributed by atoms with Crippen LogP contribution in [0.1, 0.15) is 56.1 Å². The Kier molecular flexibility index (Phi) is 5.92. The summed E-state index contributed by atoms with van der Waals surface area (Å²) in [6, 6.07) is 4.83. The number of alkyl halides is 3. The maximum Gasteiger partial charge on any atom is 0.416 e. The summed E-state index contributed by atoms with van der Waals surface area (Å²) in [5.41, 5.74) is 1.13. The molecule has 1 saturated heterocycles. The lowest BCUT2D eigenvalue weighted by Gasteiger charge is -2.34. The van der Waals surface area contributed by atoms with Gasteiger partial charge in [-0.15, -0.1) is 0 Å². The molecule has 0 aromatic heterocycles. The molecule has 0 spiro atoms. The fraction of sp³-hybridized carbons (Fsp3) is 0.478. The fourth-order valence-electron chi connectivity index (χ4n) is 4.50. The van der Waals surface area contributed by atoms with Gasteiger partial charge in [-0.2, -0.15) is 13.2 Å². The molecular weight excluding hydrogens is 411 g/mol. The Hall–Kier alpha value is -2.61. The summed E-state index contributed by atoms with van der Waals surface area (Å²) in [5, 5.41) is 3.14. The number of dihydropyridines is 1. The molecule has 166 valence electrons. The van der Waals surface area contributed by atoms with E-state index in [0.29, 0.717) is 42.8 Å². The van der Waals surface area contributed by atoms with Crippen LogP contribution < -0.4 is 5.32 Å². The van der Waals surface area contributed by atoms with Gasteiger partial charge < -0.3 is 14.8 Å². The first kappa shape index (κ1) is 21.6. The lowest BCUT2D eigenvalue weighted by molar-refractivity contribution is -0.142. The van der Waals surface area contributed by atoms with Gasteiger partial charge in [-0.25, -0.2) is 4.79 Å². The molecule has 0 radical (unpaired) electrons. The molecule has 2 heterocycles. The number of rotatable bonds is 4. The van der Waals surface area contributed by atoms with E-state index in [0.717, 1.165) is 25.0 Å². The highest BCUT2D eigenvalue weighted by atomic mass is 19.4. The molecule has 1 fully saturated rings. The van der Waals surface area contributed by atoms with Crippen LogP contribution in [0.3, 0.4) is 0 Å². The minimum atomic E-state index is -4.53. The van der Waals surface area contributed by atoms with Crippen molar-refractivity contribution in [2.24, 2.45) is 0 Å². The first-order chi connectivity index (χ1) is 14.8. The highest BCUT2D eigenvalue weighted by molar-refractivity contribution is 6.03. The third-order valence-electron chi connectivity index (χ3n) is 5.97. The molecule has 0 bridgehead atoms. The highest BCUT2D eigenvalue weighted by Gasteiger charge is 2.40. The predicted molar refractivity (Wildman–Crippen MR) is 106 cm³/mol. The molecular formula is C23H24F3NO4. The summed E-state index contributed by atoms with van der Waals surface area (Å²) in [4.78, 5) is 25.9. The number of allylic oxidation sites excluding steroid dienone is 3. The van der Waals surface area contributed by atoms with Crippen LogP contribution in [-0.2, 0) is 25.2 Å². The van der Waals surface area contributed by atoms with Crippen LogP contribution in [0.4, 0.5) is 13.2 Å². The van der Waals surface area contributed by atoms with Crippen molar-refractivity contribution >= 4 is 11.8 Å². The number of carbonyl (C=O) groups excluding carboxylic acids is 2. The largest absolute Gasteiger partial charge is 0.459 e. The SMILES string of the molecule is CC1=C(C(=O)OC[C@@H]2CCCO2)[C@@H](c2cccc(C(F)(F)F)c2)C2=C(CCCC2=O)N1. The van der Waals surface area contributed by atoms with E-state index in [4.69, 9.17) is 9.47 Å². The Labute approximate surface area is 178 Å². The Balaban J connectivity index is 1.73. The second-order valence-electron chi connectivity index (χ2n) is 8.12. The third kappa shape index (κ3) is 4.39. The number of ether oxygens (including phenoxy) is 2. The van der Waals surface area contributed by atoms with Gasteiger partial charge in [-0.3, -0.25) is 4.79 Å². The second-order valence-corrected chi connectivity index (χ2v) is 8.12. The maximum atomic E-state index is 13.4. The van der Waals surface area contributed by atoms with Gasteiger partial charge in [0.05, 0.1) is 17.2 Å². The number of ketones is 1. The molecule has 1 aliphatic carbocycles. The van der Waals surface area contributed by atoms with Gasteiger partial charge in [0, 0.05) is 35.9 Å². The smallest absolute Gasteiger partial charge is 0.416 e. The summed E-state index contributed by atoms with van der Waals surface area (Å²) < 4.78 is 51.1. The average Bonchev–Trinajstić information content (AvgIpc) is 3.24. The van der Waals surface area contributed by atoms with Crippen molar-refractivity contribution in [3.63, 3.8) is 0 Å². The summed E-state index contributed by atoms with van der Waals surface area (Å²) in [6.45, 7) is 2.38. The van der Waals surface area contributed by atoms with Crippen molar-refractivity contribution in [3.05, 3.63) is 57.9 Å². The first-order valence-electron chi connectivity index (χ1n) is 10.5. The number of esters is 1. The van der Waals surface area contributed by atoms with Crippen LogP contribution in [0, 0.1) is 0 Å². The summed E-state index contributed by atoms with van der Waals surface area (Å²) in [7, 11) is 0. The Morgan fingerprint density at radius 3 is 2.77 bits per heavy atom. The van der Waals surface area contributed by atoms with Gasteiger partial charge in [0.15, 0.2) is 5.78 Å². The van der Waals surface area contributed by atoms with Crippen molar-refractivity contribution < 1.29 is 32.2 Å². The minimum Gasteiger partial charge on any atom is -0.459 e. The van der Waals surface area contributed by atoms with Crippen LogP contribution in [-0.4, -0.2) is 31.1 Å². The molecule has 1 aromatic rings. The van der Waals surface area contributed by atoms with Crippen molar-refractivity contribution in [1.82, 2.24) is 5.32 Å². The molecule has 0 amide bonds. The lowest BCUT2D eigenvalue weighted by atomic mass is 9.75. The maximum absolute atomic E-state index is 13.4. The number of benzene rings is 1. The van der Waals surface area contributed by atoms with E-state index in [9.17, 15) is 22.8 Å². The van der Waals surface area contributed by atoms with Crippen molar-refractivity contribution in [3.8, 4) is 0 Å². The van der Waals surface area contributed by atoms with Gasteiger partial charge in [0.1, 0.15) is 6.61 Å². The predicted octanol–water partition coefficient (Wildman–Crippen LogP) is 4.40. The molecule has 2 aliphatic heterocycles. The summed E-state index contributed by atoms with van der Waals surface area (Å²) in [6.07, 6.45) is -1.47. The normalized spacial score (nSPS) is 24.2. The fourth-order valence-corrected chi connectivity index (χ4v) is 4.50. The molecule has 2 atom stereocenters. The van der Waals surface area contributed by atoms with E-state index in [1.165, 1.54) is 12.1 Å². The lowest BCUT2D eigenvalue weighted by Crippen LogP contribution is -2.35. The number of hydrogen-bond donors (Lipinski definition) is 1. The van der Waals surface area contributed by atoms with E-state index >= 15 is 0 Å². The monoisotopic (exact) mass is 435 g/mol. The number of hydrogen-bond acceptors (Lipinski definition) is 5. The van der Waals surface area contributed by atoms with Gasteiger partial charge in [0.2, 0.25) is 0 Å². The van der Waals surface area contributed by atoms with Crippen LogP contribution >= 0.6 is 0 Å². The van der Waals surface area contributed by atoms with Gasteiger partial charge in [0.25, 0.3) is 0 Å². The molecule has 0 saturated carbocycles. The zero-order chi connectivity index (χ0) is 22.2. The topological polar surface area (TPSA) is 64.6 Å². The summed E-state index contributed by atoms with van der Waals surface area (Å²) in [5.74, 6) is -1.70. The standard InChI is InChI=1S/C23H24F3NO4/c1-13-19(22(29)31-12-16-7-4-10-30-16)20(21-17(27-13)8-3-9-18(21)28)14-5-2-6-15(11-14)23(24,25)26/h2,5-6,11,16,20,27H,3-4,7-10,12H2,1H3/t16-,20+/m0/s1. The quantitative estimate of drug-likeness (QED) is 0.711. The molecule has 5 nitrogen and oxygen atoms in total. The molecule has 1 N–H and O–H groups in total. The van der Waals surface area contributed by atoms with Crippen molar-refractivity contribution in [2.75, 3.05) is 13.2 Å². The van der Waals surface area contributed by atoms with E-state index in [-0.39, 0.29) is 29.6 Å². The Morgan fingerprint density at radius 1 is 1.26 bits per heavy atom. The van der Waals surface area contributed by atoms with E-state index < -0.39 is 23.6 Å². The molecule has 3 aliphatic rings. The third-order valence-corrected chi connectivity index (χ3v) is 5.97. The summed E-state index contributed by atoms with van der Waals surface area (Å²) >= 11 is 0. The van der Waals surface area contributed by atoms with Crippen LogP contribution in [0.15, 0.2) is 46.8 Å². The number of nitrogens with one attached hydrogen (secondary N) is 1. The zero-order valence-electron chi connectivity index (χ0n) is 17.2. The van der Waals surface area contributed by atoms with Gasteiger partial charge in [-0.05, 0) is 44.2 Å². The average molecular weight is 435 g/mol. The Morgan fingerprint density at radius 2 is 2.06 bits per heavy atom. The molecule has 4 rings (SSSR count). The van der Waals surface area contributed by atoms with Crippen LogP contribution in [0.25, 0.3) is 0 Å². The Bertz CT molecular complexity index is 958. The highest BCUT2D eigenvalue weighted by Crippen LogP contribution is 2.43. The minimum absolute atomic E-state index is 0.0742. The van der Waals surface area contributed by atoms with Gasteiger partial charge in [-0.1, -0.05) is 18.2 Å². The van der Waals surface area contributed by atoms with E-state index in [2.05, 4.69) is 5.32 Å². The molecule has 31 heavy (non-hydrogen) atoms. The van der Waals surface area contributed by atoms with E-state index in [1.807, 2.05) is 0 Å². The molecule has 1 aromatic carbocycles. The van der Waals surface area contributed by atoms with Gasteiger partial charge >= 0.3 is 12.1 Å². The number of carbonyl (C=O) groups is 2. The number of halogens is 3. The van der Waals surface area contributed by atoms with Crippen molar-refractivity contribution in [2.45, 2.75) is 57.2 Å². The molecule has 8 heteroatoms. The number of Topliss-reactive ketones (excluding diaryl/α,β-unsaturated/α-hetero) is 1. The first-order valence-corrected chi connectivity index (χ1v) is 10.5. The zero-order valence-corrected chi connectivity index (χ0v) is 17.2. The van der Waals surface area contributed by atoms with E-state index in [1.54, 1.807) is 6.92 Å². The molecule has 0 unspecified atom stereocenters. The van der Waals surface area contributed by atoms with Crippen LogP contribution in [0.2, 0.25) is 0 Å². The van der Waals surface area contributed by atoms with Crippen LogP contribution in [0.5, 0.6) is 0 Å². The van der Waals surface area contributed by atoms with Crippen molar-refractivity contribution in [1.29, 1.82) is 0 Å². The second kappa shape index (κ2) is 8.49.